The fraction of sp³-hybridized carbons (Fsp3) is 0.100. The van der Waals surface area contributed by atoms with Crippen LogP contribution in [0, 0.1) is 11.6 Å². The van der Waals surface area contributed by atoms with Gasteiger partial charge >= 0.3 is 0 Å². The Hall–Kier alpha value is -2.30. The average molecular weight is 394 g/mol. The molecule has 0 aliphatic heterocycles. The van der Waals surface area contributed by atoms with E-state index in [4.69, 9.17) is 27.9 Å². The van der Waals surface area contributed by atoms with Crippen LogP contribution in [0.25, 0.3) is 0 Å². The Morgan fingerprint density at radius 2 is 1.54 bits per heavy atom. The topological polar surface area (TPSA) is 21.3 Å². The van der Waals surface area contributed by atoms with Gasteiger partial charge in [0.2, 0.25) is 0 Å². The van der Waals surface area contributed by atoms with Crippen LogP contribution >= 0.6 is 23.2 Å². The van der Waals surface area contributed by atoms with E-state index >= 15 is 0 Å². The average Bonchev–Trinajstić information content (AvgIpc) is 2.62. The number of hydrogen-bond acceptors (Lipinski definition) is 2. The van der Waals surface area contributed by atoms with Gasteiger partial charge in [0.1, 0.15) is 18.2 Å². The maximum absolute atomic E-state index is 13.7. The quantitative estimate of drug-likeness (QED) is 0.518. The highest BCUT2D eigenvalue weighted by molar-refractivity contribution is 6.37. The summed E-state index contributed by atoms with van der Waals surface area (Å²) in [4.78, 5) is 0. The normalized spacial score (nSPS) is 10.6. The van der Waals surface area contributed by atoms with Crippen LogP contribution in [0.4, 0.5) is 14.5 Å². The fourth-order valence-corrected chi connectivity index (χ4v) is 3.03. The summed E-state index contributed by atoms with van der Waals surface area (Å²) in [7, 11) is 0. The first-order valence-corrected chi connectivity index (χ1v) is 8.62. The van der Waals surface area contributed by atoms with Crippen molar-refractivity contribution in [3.05, 3.63) is 93.5 Å². The summed E-state index contributed by atoms with van der Waals surface area (Å²) in [5, 5.41) is 3.83. The summed E-state index contributed by atoms with van der Waals surface area (Å²) in [6.45, 7) is 0.484. The summed E-state index contributed by atoms with van der Waals surface area (Å²) in [5.74, 6) is -0.333. The second-order valence-corrected chi connectivity index (χ2v) is 6.44. The lowest BCUT2D eigenvalue weighted by Gasteiger charge is -2.13. The van der Waals surface area contributed by atoms with Gasteiger partial charge in [-0.15, -0.1) is 0 Å². The molecular weight excluding hydrogens is 379 g/mol. The zero-order valence-electron chi connectivity index (χ0n) is 13.6. The lowest BCUT2D eigenvalue weighted by Crippen LogP contribution is -2.02. The lowest BCUT2D eigenvalue weighted by molar-refractivity contribution is 0.300. The number of halogens is 4. The molecule has 0 aliphatic rings. The number of ether oxygens (including phenoxy) is 1. The minimum Gasteiger partial charge on any atom is -0.486 e. The molecule has 0 aliphatic carbocycles. The van der Waals surface area contributed by atoms with E-state index in [0.717, 1.165) is 11.3 Å². The third-order valence-electron chi connectivity index (χ3n) is 3.73. The molecule has 3 rings (SSSR count). The smallest absolute Gasteiger partial charge is 0.156 e. The zero-order chi connectivity index (χ0) is 18.5. The fourth-order valence-electron chi connectivity index (χ4n) is 2.39. The minimum atomic E-state index is -0.347. The Morgan fingerprint density at radius 1 is 0.885 bits per heavy atom. The standard InChI is InChI=1S/C20H15Cl2F2NO/c21-17-9-13(11-25-16-7-5-15(23)6-8-16)10-18(22)20(17)26-12-14-3-1-2-4-19(14)24/h1-10,25H,11-12H2. The number of nitrogens with one attached hydrogen (secondary N) is 1. The van der Waals surface area contributed by atoms with Gasteiger partial charge in [0.15, 0.2) is 5.75 Å². The molecule has 6 heteroatoms. The minimum absolute atomic E-state index is 0.0271. The van der Waals surface area contributed by atoms with E-state index in [1.807, 2.05) is 0 Å². The van der Waals surface area contributed by atoms with Gasteiger partial charge in [0.25, 0.3) is 0 Å². The van der Waals surface area contributed by atoms with Crippen molar-refractivity contribution in [3.8, 4) is 5.75 Å². The maximum atomic E-state index is 13.7. The molecule has 3 aromatic rings. The van der Waals surface area contributed by atoms with Gasteiger partial charge in [-0.3, -0.25) is 0 Å². The van der Waals surface area contributed by atoms with Crippen molar-refractivity contribution < 1.29 is 13.5 Å². The van der Waals surface area contributed by atoms with Crippen LogP contribution in [0.1, 0.15) is 11.1 Å². The summed E-state index contributed by atoms with van der Waals surface area (Å²) in [6.07, 6.45) is 0. The van der Waals surface area contributed by atoms with Gasteiger partial charge in [-0.2, -0.15) is 0 Å². The first-order valence-electron chi connectivity index (χ1n) is 7.86. The molecule has 3 aromatic carbocycles. The zero-order valence-corrected chi connectivity index (χ0v) is 15.1. The highest BCUT2D eigenvalue weighted by atomic mass is 35.5. The van der Waals surface area contributed by atoms with Crippen molar-refractivity contribution in [2.45, 2.75) is 13.2 Å². The molecule has 1 N–H and O–H groups in total. The Bertz CT molecular complexity index is 878. The van der Waals surface area contributed by atoms with Crippen LogP contribution in [0.15, 0.2) is 60.7 Å². The van der Waals surface area contributed by atoms with Gasteiger partial charge in [-0.1, -0.05) is 41.4 Å². The molecule has 0 saturated heterocycles. The van der Waals surface area contributed by atoms with Gasteiger partial charge in [0.05, 0.1) is 10.0 Å². The third kappa shape index (κ3) is 4.65. The number of hydrogen-bond donors (Lipinski definition) is 1. The molecule has 0 spiro atoms. The van der Waals surface area contributed by atoms with Gasteiger partial charge in [-0.25, -0.2) is 8.78 Å². The largest absolute Gasteiger partial charge is 0.486 e. The van der Waals surface area contributed by atoms with Gasteiger partial charge in [-0.05, 0) is 48.0 Å². The Balaban J connectivity index is 1.67. The predicted molar refractivity (Wildman–Crippen MR) is 101 cm³/mol. The van der Waals surface area contributed by atoms with E-state index < -0.39 is 0 Å². The van der Waals surface area contributed by atoms with E-state index in [2.05, 4.69) is 5.32 Å². The molecule has 0 bridgehead atoms. The molecule has 0 unspecified atom stereocenters. The van der Waals surface area contributed by atoms with E-state index in [1.54, 1.807) is 42.5 Å². The molecule has 0 atom stereocenters. The molecule has 0 saturated carbocycles. The molecule has 0 radical (unpaired) electrons. The molecule has 0 heterocycles. The Kier molecular flexibility index (Phi) is 5.96. The van der Waals surface area contributed by atoms with Crippen molar-refractivity contribution >= 4 is 28.9 Å². The van der Waals surface area contributed by atoms with Crippen molar-refractivity contribution in [2.75, 3.05) is 5.32 Å². The molecule has 0 aromatic heterocycles. The first-order chi connectivity index (χ1) is 12.5. The molecule has 134 valence electrons. The van der Waals surface area contributed by atoms with Crippen LogP contribution in [-0.4, -0.2) is 0 Å². The van der Waals surface area contributed by atoms with E-state index in [-0.39, 0.29) is 18.2 Å². The summed E-state index contributed by atoms with van der Waals surface area (Å²) in [5.41, 5.74) is 2.03. The third-order valence-corrected chi connectivity index (χ3v) is 4.29. The van der Waals surface area contributed by atoms with Crippen molar-refractivity contribution in [3.63, 3.8) is 0 Å². The summed E-state index contributed by atoms with van der Waals surface area (Å²) < 4.78 is 32.2. The van der Waals surface area contributed by atoms with E-state index in [1.165, 1.54) is 18.2 Å². The van der Waals surface area contributed by atoms with Crippen molar-refractivity contribution in [1.82, 2.24) is 0 Å². The first kappa shape index (κ1) is 18.5. The second-order valence-electron chi connectivity index (χ2n) is 5.63. The lowest BCUT2D eigenvalue weighted by atomic mass is 10.2. The van der Waals surface area contributed by atoms with Crippen LogP contribution in [0.5, 0.6) is 5.75 Å². The van der Waals surface area contributed by atoms with Crippen LogP contribution in [-0.2, 0) is 13.2 Å². The predicted octanol–water partition coefficient (Wildman–Crippen LogP) is 6.46. The van der Waals surface area contributed by atoms with E-state index in [9.17, 15) is 8.78 Å². The molecule has 0 fully saturated rings. The highest BCUT2D eigenvalue weighted by Crippen LogP contribution is 2.35. The Morgan fingerprint density at radius 3 is 2.19 bits per heavy atom. The van der Waals surface area contributed by atoms with E-state index in [0.29, 0.717) is 27.9 Å². The summed E-state index contributed by atoms with van der Waals surface area (Å²) in [6, 6.07) is 15.8. The number of rotatable bonds is 6. The van der Waals surface area contributed by atoms with Gasteiger partial charge < -0.3 is 10.1 Å². The van der Waals surface area contributed by atoms with Crippen molar-refractivity contribution in [2.24, 2.45) is 0 Å². The highest BCUT2D eigenvalue weighted by Gasteiger charge is 2.11. The molecule has 2 nitrogen and oxygen atoms in total. The second kappa shape index (κ2) is 8.39. The van der Waals surface area contributed by atoms with Crippen LogP contribution < -0.4 is 10.1 Å². The SMILES string of the molecule is Fc1ccc(NCc2cc(Cl)c(OCc3ccccc3F)c(Cl)c2)cc1. The monoisotopic (exact) mass is 393 g/mol. The summed E-state index contributed by atoms with van der Waals surface area (Å²) >= 11 is 12.5. The molecular formula is C20H15Cl2F2NO. The Labute approximate surface area is 160 Å². The molecule has 26 heavy (non-hydrogen) atoms. The number of benzene rings is 3. The van der Waals surface area contributed by atoms with Gasteiger partial charge in [0, 0.05) is 17.8 Å². The van der Waals surface area contributed by atoms with Crippen LogP contribution in [0.3, 0.4) is 0 Å². The number of anilines is 1. The molecule has 0 amide bonds. The van der Waals surface area contributed by atoms with Crippen molar-refractivity contribution in [1.29, 1.82) is 0 Å². The van der Waals surface area contributed by atoms with Crippen LogP contribution in [0.2, 0.25) is 10.0 Å². The maximum Gasteiger partial charge on any atom is 0.156 e.